The minimum absolute atomic E-state index is 0.517. The maximum Gasteiger partial charge on any atom is 0.0401 e. The van der Waals surface area contributed by atoms with Crippen LogP contribution in [0.4, 0.5) is 0 Å². The summed E-state index contributed by atoms with van der Waals surface area (Å²) >= 11 is 3.98. The Labute approximate surface area is 136 Å². The SMILES string of the molecule is BrC(CCC1CCCC1)c1ccc2c3c(cccc13)CC2. The van der Waals surface area contributed by atoms with Gasteiger partial charge in [0.2, 0.25) is 0 Å². The average Bonchev–Trinajstić information content (AvgIpc) is 3.16. The van der Waals surface area contributed by atoms with Crippen LogP contribution in [0.1, 0.15) is 60.0 Å². The molecule has 2 aromatic rings. The maximum atomic E-state index is 3.98. The summed E-state index contributed by atoms with van der Waals surface area (Å²) in [5.41, 5.74) is 4.62. The zero-order chi connectivity index (χ0) is 14.2. The summed E-state index contributed by atoms with van der Waals surface area (Å²) < 4.78 is 0. The molecule has 0 radical (unpaired) electrons. The number of benzene rings is 2. The van der Waals surface area contributed by atoms with E-state index >= 15 is 0 Å². The van der Waals surface area contributed by atoms with Crippen LogP contribution in [0.25, 0.3) is 10.8 Å². The molecule has 0 N–H and O–H groups in total. The van der Waals surface area contributed by atoms with Crippen molar-refractivity contribution >= 4 is 26.7 Å². The molecular formula is C20H23Br. The van der Waals surface area contributed by atoms with E-state index in [9.17, 15) is 0 Å². The second-order valence-corrected chi connectivity index (χ2v) is 7.95. The van der Waals surface area contributed by atoms with Crippen molar-refractivity contribution in [2.24, 2.45) is 5.92 Å². The van der Waals surface area contributed by atoms with Gasteiger partial charge in [0.05, 0.1) is 0 Å². The van der Waals surface area contributed by atoms with Crippen molar-refractivity contribution in [3.63, 3.8) is 0 Å². The first-order chi connectivity index (χ1) is 10.3. The molecule has 1 fully saturated rings. The van der Waals surface area contributed by atoms with Gasteiger partial charge in [0.15, 0.2) is 0 Å². The van der Waals surface area contributed by atoms with Crippen molar-refractivity contribution in [2.45, 2.75) is 56.2 Å². The highest BCUT2D eigenvalue weighted by Gasteiger charge is 2.21. The van der Waals surface area contributed by atoms with E-state index in [4.69, 9.17) is 0 Å². The van der Waals surface area contributed by atoms with Gasteiger partial charge in [-0.1, -0.05) is 71.9 Å². The van der Waals surface area contributed by atoms with Gasteiger partial charge in [-0.05, 0) is 59.1 Å². The number of hydrogen-bond donors (Lipinski definition) is 0. The van der Waals surface area contributed by atoms with Crippen LogP contribution >= 0.6 is 15.9 Å². The summed E-state index contributed by atoms with van der Waals surface area (Å²) in [6.45, 7) is 0. The molecule has 1 unspecified atom stereocenters. The third-order valence-corrected chi connectivity index (χ3v) is 6.50. The predicted octanol–water partition coefficient (Wildman–Crippen LogP) is 6.34. The predicted molar refractivity (Wildman–Crippen MR) is 94.2 cm³/mol. The molecule has 0 spiro atoms. The van der Waals surface area contributed by atoms with Crippen LogP contribution < -0.4 is 0 Å². The molecule has 4 rings (SSSR count). The third kappa shape index (κ3) is 2.54. The van der Waals surface area contributed by atoms with Crippen LogP contribution in [-0.4, -0.2) is 0 Å². The molecule has 1 heteroatoms. The van der Waals surface area contributed by atoms with Gasteiger partial charge < -0.3 is 0 Å². The monoisotopic (exact) mass is 342 g/mol. The highest BCUT2D eigenvalue weighted by molar-refractivity contribution is 9.09. The van der Waals surface area contributed by atoms with Crippen LogP contribution in [0.15, 0.2) is 30.3 Å². The quantitative estimate of drug-likeness (QED) is 0.568. The van der Waals surface area contributed by atoms with Crippen molar-refractivity contribution in [3.05, 3.63) is 47.0 Å². The minimum Gasteiger partial charge on any atom is -0.0839 e. The molecule has 1 atom stereocenters. The van der Waals surface area contributed by atoms with E-state index in [1.165, 1.54) is 62.3 Å². The number of rotatable bonds is 4. The van der Waals surface area contributed by atoms with Crippen LogP contribution in [0, 0.1) is 5.92 Å². The molecule has 0 nitrogen and oxygen atoms in total. The lowest BCUT2D eigenvalue weighted by Gasteiger charge is -2.16. The Balaban J connectivity index is 1.61. The molecule has 0 saturated heterocycles. The summed E-state index contributed by atoms with van der Waals surface area (Å²) in [5, 5.41) is 3.05. The molecule has 1 saturated carbocycles. The first-order valence-corrected chi connectivity index (χ1v) is 9.42. The van der Waals surface area contributed by atoms with E-state index in [0.717, 1.165) is 5.92 Å². The van der Waals surface area contributed by atoms with E-state index < -0.39 is 0 Å². The summed E-state index contributed by atoms with van der Waals surface area (Å²) in [6.07, 6.45) is 11.0. The lowest BCUT2D eigenvalue weighted by atomic mass is 9.94. The topological polar surface area (TPSA) is 0 Å². The molecule has 2 aliphatic rings. The molecule has 2 aliphatic carbocycles. The van der Waals surface area contributed by atoms with E-state index in [1.807, 2.05) is 0 Å². The van der Waals surface area contributed by atoms with Crippen molar-refractivity contribution in [2.75, 3.05) is 0 Å². The summed E-state index contributed by atoms with van der Waals surface area (Å²) in [4.78, 5) is 0.517. The van der Waals surface area contributed by atoms with Gasteiger partial charge in [-0.2, -0.15) is 0 Å². The van der Waals surface area contributed by atoms with Gasteiger partial charge in [0.25, 0.3) is 0 Å². The molecule has 0 bridgehead atoms. The Kier molecular flexibility index (Phi) is 3.79. The standard InChI is InChI=1S/C20H23Br/c21-19(13-8-14-4-1-2-5-14)17-12-11-16-10-9-15-6-3-7-18(17)20(15)16/h3,6-7,11-12,14,19H,1-2,4-5,8-10,13H2. The fourth-order valence-electron chi connectivity index (χ4n) is 4.38. The van der Waals surface area contributed by atoms with Crippen molar-refractivity contribution in [1.82, 2.24) is 0 Å². The van der Waals surface area contributed by atoms with Gasteiger partial charge in [0, 0.05) is 4.83 Å². The molecule has 0 aromatic heterocycles. The first kappa shape index (κ1) is 13.8. The number of hydrogen-bond acceptors (Lipinski definition) is 0. The zero-order valence-corrected chi connectivity index (χ0v) is 14.2. The Morgan fingerprint density at radius 2 is 1.76 bits per heavy atom. The van der Waals surface area contributed by atoms with Crippen LogP contribution in [0.5, 0.6) is 0 Å². The first-order valence-electron chi connectivity index (χ1n) is 8.50. The zero-order valence-electron chi connectivity index (χ0n) is 12.6. The van der Waals surface area contributed by atoms with Crippen LogP contribution in [0.3, 0.4) is 0 Å². The van der Waals surface area contributed by atoms with Gasteiger partial charge in [-0.15, -0.1) is 0 Å². The molecule has 110 valence electrons. The summed E-state index contributed by atoms with van der Waals surface area (Å²) in [6, 6.07) is 11.6. The summed E-state index contributed by atoms with van der Waals surface area (Å²) in [7, 11) is 0. The average molecular weight is 343 g/mol. The Morgan fingerprint density at radius 3 is 2.57 bits per heavy atom. The third-order valence-electron chi connectivity index (χ3n) is 5.55. The molecular weight excluding hydrogens is 320 g/mol. The normalized spacial score (nSPS) is 19.5. The summed E-state index contributed by atoms with van der Waals surface area (Å²) in [5.74, 6) is 0.988. The largest absolute Gasteiger partial charge is 0.0839 e. The molecule has 0 aliphatic heterocycles. The van der Waals surface area contributed by atoms with Gasteiger partial charge in [0.1, 0.15) is 0 Å². The van der Waals surface area contributed by atoms with Crippen molar-refractivity contribution < 1.29 is 0 Å². The smallest absolute Gasteiger partial charge is 0.0401 e. The highest BCUT2D eigenvalue weighted by Crippen LogP contribution is 2.40. The second kappa shape index (κ2) is 5.76. The maximum absolute atomic E-state index is 3.98. The van der Waals surface area contributed by atoms with E-state index in [2.05, 4.69) is 46.3 Å². The Hall–Kier alpha value is -0.820. The lowest BCUT2D eigenvalue weighted by molar-refractivity contribution is 0.483. The van der Waals surface area contributed by atoms with E-state index in [0.29, 0.717) is 4.83 Å². The van der Waals surface area contributed by atoms with Crippen molar-refractivity contribution in [3.8, 4) is 0 Å². The fourth-order valence-corrected chi connectivity index (χ4v) is 5.04. The minimum atomic E-state index is 0.517. The Bertz CT molecular complexity index is 642. The lowest BCUT2D eigenvalue weighted by Crippen LogP contribution is -1.98. The second-order valence-electron chi connectivity index (χ2n) is 6.85. The van der Waals surface area contributed by atoms with Crippen LogP contribution in [0.2, 0.25) is 0 Å². The van der Waals surface area contributed by atoms with E-state index in [1.54, 1.807) is 16.5 Å². The van der Waals surface area contributed by atoms with Gasteiger partial charge in [-0.25, -0.2) is 0 Å². The molecule has 0 amide bonds. The molecule has 21 heavy (non-hydrogen) atoms. The molecule has 0 heterocycles. The van der Waals surface area contributed by atoms with Crippen molar-refractivity contribution in [1.29, 1.82) is 0 Å². The molecule has 2 aromatic carbocycles. The fraction of sp³-hybridized carbons (Fsp3) is 0.500. The number of halogens is 1. The number of alkyl halides is 1. The number of aryl methyl sites for hydroxylation is 2. The van der Waals surface area contributed by atoms with Crippen LogP contribution in [-0.2, 0) is 12.8 Å². The van der Waals surface area contributed by atoms with Gasteiger partial charge >= 0.3 is 0 Å². The van der Waals surface area contributed by atoms with Gasteiger partial charge in [-0.3, -0.25) is 0 Å². The van der Waals surface area contributed by atoms with E-state index in [-0.39, 0.29) is 0 Å². The Morgan fingerprint density at radius 1 is 1.00 bits per heavy atom. The highest BCUT2D eigenvalue weighted by atomic mass is 79.9.